The molecule has 1 unspecified atom stereocenters. The molecule has 0 radical (unpaired) electrons. The Morgan fingerprint density at radius 2 is 1.78 bits per heavy atom. The van der Waals surface area contributed by atoms with Crippen LogP contribution in [0.2, 0.25) is 0 Å². The lowest BCUT2D eigenvalue weighted by Gasteiger charge is -2.19. The quantitative estimate of drug-likeness (QED) is 0.593. The second-order valence-electron chi connectivity index (χ2n) is 7.70. The summed E-state index contributed by atoms with van der Waals surface area (Å²) in [5.74, 6) is 2.47. The molecule has 0 aliphatic carbocycles. The maximum atomic E-state index is 12.6. The highest BCUT2D eigenvalue weighted by molar-refractivity contribution is 8.03. The van der Waals surface area contributed by atoms with Crippen molar-refractivity contribution in [1.29, 1.82) is 0 Å². The predicted molar refractivity (Wildman–Crippen MR) is 119 cm³/mol. The fourth-order valence-corrected chi connectivity index (χ4v) is 4.25. The van der Waals surface area contributed by atoms with E-state index < -0.39 is 0 Å². The largest absolute Gasteiger partial charge is 0.345 e. The standard InChI is InChI=1S/C21H37N3O2S/c1-8-10-17(13-12-15(3)4)14-27-18(11-9-2)22-19-16(5)23(6)21(26)24(7)20(19)25/h11,15,17,22H,8-10,12-14H2,1-7H3/b18-11+. The molecule has 0 bridgehead atoms. The van der Waals surface area contributed by atoms with E-state index >= 15 is 0 Å². The molecule has 0 aromatic carbocycles. The zero-order valence-electron chi connectivity index (χ0n) is 18.1. The average molecular weight is 396 g/mol. The van der Waals surface area contributed by atoms with Gasteiger partial charge in [-0.1, -0.05) is 46.6 Å². The van der Waals surface area contributed by atoms with Crippen LogP contribution in [0.25, 0.3) is 0 Å². The second kappa shape index (κ2) is 11.4. The number of anilines is 1. The highest BCUT2D eigenvalue weighted by Gasteiger charge is 2.15. The molecule has 1 N–H and O–H groups in total. The van der Waals surface area contributed by atoms with Gasteiger partial charge in [0, 0.05) is 25.5 Å². The van der Waals surface area contributed by atoms with E-state index in [9.17, 15) is 9.59 Å². The Morgan fingerprint density at radius 1 is 1.11 bits per heavy atom. The van der Waals surface area contributed by atoms with Crippen LogP contribution in [-0.4, -0.2) is 14.9 Å². The van der Waals surface area contributed by atoms with Gasteiger partial charge >= 0.3 is 5.69 Å². The number of aromatic nitrogens is 2. The van der Waals surface area contributed by atoms with Gasteiger partial charge in [-0.2, -0.15) is 0 Å². The van der Waals surface area contributed by atoms with E-state index in [1.807, 2.05) is 6.92 Å². The van der Waals surface area contributed by atoms with Crippen LogP contribution in [0.4, 0.5) is 5.69 Å². The first kappa shape index (κ1) is 23.6. The van der Waals surface area contributed by atoms with E-state index in [0.29, 0.717) is 17.3 Å². The van der Waals surface area contributed by atoms with Crippen molar-refractivity contribution < 1.29 is 0 Å². The van der Waals surface area contributed by atoms with Crippen LogP contribution in [0.1, 0.15) is 65.5 Å². The Labute approximate surface area is 168 Å². The second-order valence-corrected chi connectivity index (χ2v) is 8.77. The number of allylic oxidation sites excluding steroid dienone is 1. The molecular weight excluding hydrogens is 358 g/mol. The van der Waals surface area contributed by atoms with Crippen LogP contribution in [0.15, 0.2) is 20.7 Å². The fourth-order valence-electron chi connectivity index (χ4n) is 3.04. The van der Waals surface area contributed by atoms with Gasteiger partial charge in [0.25, 0.3) is 5.56 Å². The molecule has 0 amide bonds. The van der Waals surface area contributed by atoms with Crippen molar-refractivity contribution in [2.45, 2.75) is 66.7 Å². The minimum atomic E-state index is -0.298. The van der Waals surface area contributed by atoms with Gasteiger partial charge in [-0.05, 0) is 38.0 Å². The molecule has 1 aromatic heterocycles. The molecule has 27 heavy (non-hydrogen) atoms. The van der Waals surface area contributed by atoms with Gasteiger partial charge in [0.2, 0.25) is 0 Å². The lowest BCUT2D eigenvalue weighted by atomic mass is 9.96. The third-order valence-electron chi connectivity index (χ3n) is 4.92. The summed E-state index contributed by atoms with van der Waals surface area (Å²) in [5, 5.41) is 4.32. The molecule has 0 spiro atoms. The van der Waals surface area contributed by atoms with E-state index in [0.717, 1.165) is 27.7 Å². The van der Waals surface area contributed by atoms with Gasteiger partial charge in [-0.3, -0.25) is 13.9 Å². The van der Waals surface area contributed by atoms with E-state index in [2.05, 4.69) is 39.1 Å². The molecule has 0 saturated heterocycles. The maximum Gasteiger partial charge on any atom is 0.330 e. The lowest BCUT2D eigenvalue weighted by Crippen LogP contribution is -2.39. The highest BCUT2D eigenvalue weighted by atomic mass is 32.2. The minimum Gasteiger partial charge on any atom is -0.345 e. The molecular formula is C21H37N3O2S. The zero-order valence-corrected chi connectivity index (χ0v) is 18.9. The first-order valence-electron chi connectivity index (χ1n) is 10.1. The molecule has 0 saturated carbocycles. The van der Waals surface area contributed by atoms with Crippen molar-refractivity contribution in [3.8, 4) is 0 Å². The monoisotopic (exact) mass is 395 g/mol. The van der Waals surface area contributed by atoms with E-state index in [4.69, 9.17) is 0 Å². The third-order valence-corrected chi connectivity index (χ3v) is 6.14. The summed E-state index contributed by atoms with van der Waals surface area (Å²) in [5.41, 5.74) is 0.577. The van der Waals surface area contributed by atoms with Crippen molar-refractivity contribution in [1.82, 2.24) is 9.13 Å². The summed E-state index contributed by atoms with van der Waals surface area (Å²) >= 11 is 1.79. The van der Waals surface area contributed by atoms with Crippen molar-refractivity contribution in [3.63, 3.8) is 0 Å². The van der Waals surface area contributed by atoms with Crippen LogP contribution >= 0.6 is 11.8 Å². The molecule has 0 fully saturated rings. The van der Waals surface area contributed by atoms with Gasteiger partial charge < -0.3 is 5.32 Å². The van der Waals surface area contributed by atoms with Crippen LogP contribution in [0, 0.1) is 18.8 Å². The molecule has 0 aliphatic heterocycles. The molecule has 1 rings (SSSR count). The molecule has 154 valence electrons. The highest BCUT2D eigenvalue weighted by Crippen LogP contribution is 2.27. The smallest absolute Gasteiger partial charge is 0.330 e. The molecule has 1 heterocycles. The van der Waals surface area contributed by atoms with Crippen LogP contribution < -0.4 is 16.6 Å². The molecule has 0 aliphatic rings. The number of nitrogens with one attached hydrogen (secondary N) is 1. The third kappa shape index (κ3) is 6.91. The Hall–Kier alpha value is -1.43. The van der Waals surface area contributed by atoms with Gasteiger partial charge in [-0.15, -0.1) is 11.8 Å². The van der Waals surface area contributed by atoms with Crippen molar-refractivity contribution in [2.24, 2.45) is 25.9 Å². The Balaban J connectivity index is 2.97. The zero-order chi connectivity index (χ0) is 20.6. The SMILES string of the molecule is CC/C=C(\Nc1c(C)n(C)c(=O)n(C)c1=O)SCC(CCC)CCC(C)C. The molecule has 1 aromatic rings. The van der Waals surface area contributed by atoms with Crippen molar-refractivity contribution >= 4 is 17.4 Å². The first-order chi connectivity index (χ1) is 12.7. The van der Waals surface area contributed by atoms with Crippen LogP contribution in [0.3, 0.4) is 0 Å². The summed E-state index contributed by atoms with van der Waals surface area (Å²) in [6.45, 7) is 10.7. The predicted octanol–water partition coefficient (Wildman–Crippen LogP) is 4.64. The minimum absolute atomic E-state index is 0.275. The van der Waals surface area contributed by atoms with Gasteiger partial charge in [-0.25, -0.2) is 4.79 Å². The normalized spacial score (nSPS) is 13.3. The summed E-state index contributed by atoms with van der Waals surface area (Å²) in [6, 6.07) is 0. The number of nitrogens with zero attached hydrogens (tertiary/aromatic N) is 2. The number of rotatable bonds is 11. The summed E-state index contributed by atoms with van der Waals surface area (Å²) in [7, 11) is 3.22. The summed E-state index contributed by atoms with van der Waals surface area (Å²) in [4.78, 5) is 24.6. The molecule has 1 atom stereocenters. The lowest BCUT2D eigenvalue weighted by molar-refractivity contribution is 0.430. The van der Waals surface area contributed by atoms with Gasteiger partial charge in [0.1, 0.15) is 5.69 Å². The Morgan fingerprint density at radius 3 is 2.33 bits per heavy atom. The fraction of sp³-hybridized carbons (Fsp3) is 0.714. The van der Waals surface area contributed by atoms with Crippen molar-refractivity contribution in [2.75, 3.05) is 11.1 Å². The number of hydrogen-bond acceptors (Lipinski definition) is 4. The van der Waals surface area contributed by atoms with E-state index in [1.165, 1.54) is 37.3 Å². The van der Waals surface area contributed by atoms with E-state index in [1.54, 1.807) is 18.8 Å². The van der Waals surface area contributed by atoms with Gasteiger partial charge in [0.05, 0.1) is 5.03 Å². The Kier molecular flexibility index (Phi) is 9.99. The van der Waals surface area contributed by atoms with Crippen LogP contribution in [0.5, 0.6) is 0 Å². The van der Waals surface area contributed by atoms with E-state index in [-0.39, 0.29) is 11.2 Å². The number of thioether (sulfide) groups is 1. The average Bonchev–Trinajstić information content (AvgIpc) is 2.63. The summed E-state index contributed by atoms with van der Waals surface area (Å²) in [6.07, 6.45) is 7.96. The van der Waals surface area contributed by atoms with Crippen molar-refractivity contribution in [3.05, 3.63) is 37.6 Å². The number of hydrogen-bond donors (Lipinski definition) is 1. The molecule has 6 heteroatoms. The maximum absolute atomic E-state index is 12.6. The molecule has 5 nitrogen and oxygen atoms in total. The summed E-state index contributed by atoms with van der Waals surface area (Å²) < 4.78 is 2.67. The first-order valence-corrected chi connectivity index (χ1v) is 11.1. The topological polar surface area (TPSA) is 56.0 Å². The van der Waals surface area contributed by atoms with Gasteiger partial charge in [0.15, 0.2) is 0 Å². The Bertz CT molecular complexity index is 747. The van der Waals surface area contributed by atoms with Crippen LogP contribution in [-0.2, 0) is 14.1 Å².